The number of carbonyl (C=O) groups is 1. The molecular weight excluding hydrogens is 331 g/mol. The number of benzene rings is 2. The lowest BCUT2D eigenvalue weighted by molar-refractivity contribution is -0.120. The number of anilines is 1. The highest BCUT2D eigenvalue weighted by molar-refractivity contribution is 6.31. The van der Waals surface area contributed by atoms with Gasteiger partial charge in [-0.3, -0.25) is 4.79 Å². The predicted octanol–water partition coefficient (Wildman–Crippen LogP) is 4.46. The monoisotopic (exact) mass is 350 g/mol. The molecule has 2 N–H and O–H groups in total. The third-order valence-electron chi connectivity index (χ3n) is 3.50. The van der Waals surface area contributed by atoms with Crippen LogP contribution in [0, 0.1) is 6.92 Å². The summed E-state index contributed by atoms with van der Waals surface area (Å²) >= 11 is 11.9. The standard InChI is InChI=1S/C18H20Cl2N2O/c1-13-2-7-16(12-17(13)20)21-11-9-18(23)22-10-8-14-3-5-15(19)6-4-14/h2-7,12,21H,8-11H2,1H3,(H,22,23). The molecule has 0 atom stereocenters. The first-order chi connectivity index (χ1) is 11.0. The van der Waals surface area contributed by atoms with Crippen LogP contribution >= 0.6 is 23.2 Å². The summed E-state index contributed by atoms with van der Waals surface area (Å²) in [5, 5.41) is 7.56. The van der Waals surface area contributed by atoms with Crippen LogP contribution < -0.4 is 10.6 Å². The van der Waals surface area contributed by atoms with E-state index in [2.05, 4.69) is 10.6 Å². The van der Waals surface area contributed by atoms with Crippen molar-refractivity contribution in [1.29, 1.82) is 0 Å². The second-order valence-electron chi connectivity index (χ2n) is 5.37. The van der Waals surface area contributed by atoms with Crippen LogP contribution in [0.1, 0.15) is 17.5 Å². The molecule has 122 valence electrons. The Labute approximate surface area is 147 Å². The van der Waals surface area contributed by atoms with Crippen LogP contribution in [0.5, 0.6) is 0 Å². The number of amides is 1. The Bertz CT molecular complexity index is 657. The zero-order valence-electron chi connectivity index (χ0n) is 13.0. The Morgan fingerprint density at radius 1 is 1.04 bits per heavy atom. The van der Waals surface area contributed by atoms with Crippen molar-refractivity contribution in [2.75, 3.05) is 18.4 Å². The zero-order chi connectivity index (χ0) is 16.7. The van der Waals surface area contributed by atoms with Crippen molar-refractivity contribution in [3.8, 4) is 0 Å². The van der Waals surface area contributed by atoms with E-state index in [1.807, 2.05) is 49.4 Å². The number of rotatable bonds is 7. The van der Waals surface area contributed by atoms with E-state index in [0.717, 1.165) is 33.3 Å². The number of carbonyl (C=O) groups excluding carboxylic acids is 1. The van der Waals surface area contributed by atoms with Crippen molar-refractivity contribution in [2.45, 2.75) is 19.8 Å². The number of hydrogen-bond acceptors (Lipinski definition) is 2. The fourth-order valence-corrected chi connectivity index (χ4v) is 2.42. The van der Waals surface area contributed by atoms with E-state index in [9.17, 15) is 4.79 Å². The normalized spacial score (nSPS) is 10.4. The molecule has 0 heterocycles. The van der Waals surface area contributed by atoms with E-state index in [0.29, 0.717) is 19.5 Å². The maximum atomic E-state index is 11.8. The van der Waals surface area contributed by atoms with Crippen molar-refractivity contribution < 1.29 is 4.79 Å². The average Bonchev–Trinajstić information content (AvgIpc) is 2.53. The Hall–Kier alpha value is -1.71. The molecule has 2 rings (SSSR count). The summed E-state index contributed by atoms with van der Waals surface area (Å²) in [7, 11) is 0. The lowest BCUT2D eigenvalue weighted by Gasteiger charge is -2.09. The van der Waals surface area contributed by atoms with Crippen molar-refractivity contribution >= 4 is 34.8 Å². The molecule has 0 aliphatic carbocycles. The number of halogens is 2. The van der Waals surface area contributed by atoms with E-state index >= 15 is 0 Å². The maximum absolute atomic E-state index is 11.8. The average molecular weight is 351 g/mol. The Morgan fingerprint density at radius 2 is 1.78 bits per heavy atom. The molecule has 0 radical (unpaired) electrons. The van der Waals surface area contributed by atoms with E-state index in [1.165, 1.54) is 0 Å². The topological polar surface area (TPSA) is 41.1 Å². The van der Waals surface area contributed by atoms with Crippen LogP contribution in [-0.2, 0) is 11.2 Å². The highest BCUT2D eigenvalue weighted by atomic mass is 35.5. The van der Waals surface area contributed by atoms with Crippen LogP contribution in [-0.4, -0.2) is 19.0 Å². The second-order valence-corrected chi connectivity index (χ2v) is 6.21. The summed E-state index contributed by atoms with van der Waals surface area (Å²) in [4.78, 5) is 11.8. The van der Waals surface area contributed by atoms with Gasteiger partial charge in [-0.2, -0.15) is 0 Å². The molecule has 1 amide bonds. The molecule has 2 aromatic carbocycles. The molecule has 0 fully saturated rings. The molecule has 0 unspecified atom stereocenters. The van der Waals surface area contributed by atoms with E-state index in [-0.39, 0.29) is 5.91 Å². The summed E-state index contributed by atoms with van der Waals surface area (Å²) < 4.78 is 0. The quantitative estimate of drug-likeness (QED) is 0.773. The first-order valence-corrected chi connectivity index (χ1v) is 8.31. The Morgan fingerprint density at radius 3 is 2.48 bits per heavy atom. The van der Waals surface area contributed by atoms with Gasteiger partial charge in [0.15, 0.2) is 0 Å². The molecule has 0 bridgehead atoms. The molecule has 0 spiro atoms. The SMILES string of the molecule is Cc1ccc(NCCC(=O)NCCc2ccc(Cl)cc2)cc1Cl. The van der Waals surface area contributed by atoms with Gasteiger partial charge in [0.05, 0.1) is 0 Å². The van der Waals surface area contributed by atoms with Crippen LogP contribution in [0.4, 0.5) is 5.69 Å². The lowest BCUT2D eigenvalue weighted by atomic mass is 10.1. The van der Waals surface area contributed by atoms with Gasteiger partial charge in [-0.15, -0.1) is 0 Å². The summed E-state index contributed by atoms with van der Waals surface area (Å²) in [5.74, 6) is 0.0321. The highest BCUT2D eigenvalue weighted by Crippen LogP contribution is 2.19. The molecule has 0 saturated heterocycles. The molecule has 2 aromatic rings. The van der Waals surface area contributed by atoms with Crippen LogP contribution in [0.2, 0.25) is 10.0 Å². The fraction of sp³-hybridized carbons (Fsp3) is 0.278. The predicted molar refractivity (Wildman–Crippen MR) is 97.5 cm³/mol. The molecular formula is C18H20Cl2N2O. The molecule has 0 saturated carbocycles. The summed E-state index contributed by atoms with van der Waals surface area (Å²) in [6.07, 6.45) is 1.22. The summed E-state index contributed by atoms with van der Waals surface area (Å²) in [6, 6.07) is 13.4. The number of nitrogens with one attached hydrogen (secondary N) is 2. The van der Waals surface area contributed by atoms with E-state index in [1.54, 1.807) is 0 Å². The van der Waals surface area contributed by atoms with Gasteiger partial charge in [-0.05, 0) is 48.7 Å². The first kappa shape index (κ1) is 17.6. The molecule has 0 aliphatic rings. The third-order valence-corrected chi connectivity index (χ3v) is 4.16. The number of hydrogen-bond donors (Lipinski definition) is 2. The highest BCUT2D eigenvalue weighted by Gasteiger charge is 2.02. The minimum atomic E-state index is 0.0321. The van der Waals surface area contributed by atoms with Gasteiger partial charge < -0.3 is 10.6 Å². The summed E-state index contributed by atoms with van der Waals surface area (Å²) in [6.45, 7) is 3.16. The maximum Gasteiger partial charge on any atom is 0.221 e. The van der Waals surface area contributed by atoms with Gasteiger partial charge >= 0.3 is 0 Å². The van der Waals surface area contributed by atoms with Crippen molar-refractivity contribution in [3.05, 3.63) is 63.6 Å². The van der Waals surface area contributed by atoms with Crippen molar-refractivity contribution in [3.63, 3.8) is 0 Å². The zero-order valence-corrected chi connectivity index (χ0v) is 14.5. The molecule has 0 aromatic heterocycles. The first-order valence-electron chi connectivity index (χ1n) is 7.56. The molecule has 23 heavy (non-hydrogen) atoms. The fourth-order valence-electron chi connectivity index (χ4n) is 2.11. The molecule has 3 nitrogen and oxygen atoms in total. The van der Waals surface area contributed by atoms with Gasteiger partial charge in [-0.1, -0.05) is 41.4 Å². The van der Waals surface area contributed by atoms with E-state index in [4.69, 9.17) is 23.2 Å². The Balaban J connectivity index is 1.65. The van der Waals surface area contributed by atoms with Crippen LogP contribution in [0.15, 0.2) is 42.5 Å². The minimum Gasteiger partial charge on any atom is -0.384 e. The van der Waals surface area contributed by atoms with Crippen LogP contribution in [0.25, 0.3) is 0 Å². The van der Waals surface area contributed by atoms with Crippen molar-refractivity contribution in [1.82, 2.24) is 5.32 Å². The second kappa shape index (κ2) is 8.80. The lowest BCUT2D eigenvalue weighted by Crippen LogP contribution is -2.27. The van der Waals surface area contributed by atoms with Crippen LogP contribution in [0.3, 0.4) is 0 Å². The minimum absolute atomic E-state index is 0.0321. The van der Waals surface area contributed by atoms with Gasteiger partial charge in [0.25, 0.3) is 0 Å². The molecule has 5 heteroatoms. The van der Waals surface area contributed by atoms with Gasteiger partial charge in [0, 0.05) is 35.2 Å². The van der Waals surface area contributed by atoms with E-state index < -0.39 is 0 Å². The van der Waals surface area contributed by atoms with Crippen molar-refractivity contribution in [2.24, 2.45) is 0 Å². The van der Waals surface area contributed by atoms with Gasteiger partial charge in [-0.25, -0.2) is 0 Å². The third kappa shape index (κ3) is 6.12. The van der Waals surface area contributed by atoms with Gasteiger partial charge in [0.2, 0.25) is 5.91 Å². The Kier molecular flexibility index (Phi) is 6.75. The number of aryl methyl sites for hydroxylation is 1. The molecule has 0 aliphatic heterocycles. The summed E-state index contributed by atoms with van der Waals surface area (Å²) in [5.41, 5.74) is 3.12. The smallest absolute Gasteiger partial charge is 0.221 e. The van der Waals surface area contributed by atoms with Gasteiger partial charge in [0.1, 0.15) is 0 Å². The largest absolute Gasteiger partial charge is 0.384 e.